The molecule has 2 amide bonds. The molecule has 0 aliphatic heterocycles. The highest BCUT2D eigenvalue weighted by Crippen LogP contribution is 2.17. The van der Waals surface area contributed by atoms with E-state index in [2.05, 4.69) is 15.8 Å². The Morgan fingerprint density at radius 1 is 1.07 bits per heavy atom. The minimum atomic E-state index is -0.791. The molecule has 0 aromatic heterocycles. The molecule has 0 aliphatic carbocycles. The third kappa shape index (κ3) is 6.93. The fraction of sp³-hybridized carbons (Fsp3) is 0.286. The van der Waals surface area contributed by atoms with E-state index in [9.17, 15) is 9.59 Å². The predicted molar refractivity (Wildman–Crippen MR) is 106 cm³/mol. The van der Waals surface area contributed by atoms with Gasteiger partial charge in [0.25, 0.3) is 0 Å². The van der Waals surface area contributed by atoms with Crippen LogP contribution in [-0.2, 0) is 16.2 Å². The number of unbranched alkanes of at least 4 members (excludes halogenated alkanes) is 1. The number of rotatable bonds is 8. The van der Waals surface area contributed by atoms with Crippen LogP contribution in [0.5, 0.6) is 5.75 Å². The number of carbonyl (C=O) groups is 2. The first-order valence-electron chi connectivity index (χ1n) is 8.98. The third-order valence-corrected chi connectivity index (χ3v) is 3.83. The molecule has 2 aromatic rings. The Balaban J connectivity index is 1.90. The lowest BCUT2D eigenvalue weighted by Crippen LogP contribution is -2.38. The van der Waals surface area contributed by atoms with Crippen molar-refractivity contribution >= 4 is 18.0 Å². The van der Waals surface area contributed by atoms with Gasteiger partial charge >= 0.3 is 11.8 Å². The molecule has 0 atom stereocenters. The van der Waals surface area contributed by atoms with E-state index in [4.69, 9.17) is 4.74 Å². The maximum Gasteiger partial charge on any atom is 0.329 e. The van der Waals surface area contributed by atoms with Crippen LogP contribution in [0.25, 0.3) is 0 Å². The first kappa shape index (κ1) is 20.2. The Kier molecular flexibility index (Phi) is 8.03. The first-order valence-corrected chi connectivity index (χ1v) is 8.98. The van der Waals surface area contributed by atoms with Crippen LogP contribution in [-0.4, -0.2) is 24.6 Å². The number of aryl methyl sites for hydroxylation is 1. The quantitative estimate of drug-likeness (QED) is 0.326. The van der Waals surface area contributed by atoms with Crippen molar-refractivity contribution < 1.29 is 14.3 Å². The van der Waals surface area contributed by atoms with Crippen LogP contribution >= 0.6 is 0 Å². The summed E-state index contributed by atoms with van der Waals surface area (Å²) in [5.41, 5.74) is 5.19. The molecule has 0 saturated heterocycles. The van der Waals surface area contributed by atoms with Gasteiger partial charge in [-0.25, -0.2) is 5.43 Å². The number of benzene rings is 2. The highest BCUT2D eigenvalue weighted by atomic mass is 16.5. The zero-order valence-electron chi connectivity index (χ0n) is 15.7. The number of hydrogen-bond donors (Lipinski definition) is 2. The molecule has 0 aliphatic rings. The zero-order chi connectivity index (χ0) is 19.5. The maximum atomic E-state index is 11.7. The fourth-order valence-corrected chi connectivity index (χ4v) is 2.23. The summed E-state index contributed by atoms with van der Waals surface area (Å²) in [4.78, 5) is 23.3. The number of hydrazone groups is 1. The number of carbonyl (C=O) groups excluding carboxylic acids is 2. The molecule has 2 rings (SSSR count). The van der Waals surface area contributed by atoms with Gasteiger partial charge in [0, 0.05) is 12.1 Å². The molecule has 0 saturated carbocycles. The number of para-hydroxylation sites is 1. The zero-order valence-corrected chi connectivity index (χ0v) is 15.7. The lowest BCUT2D eigenvalue weighted by Gasteiger charge is -2.09. The number of nitrogens with one attached hydrogen (secondary N) is 2. The fourth-order valence-electron chi connectivity index (χ4n) is 2.23. The van der Waals surface area contributed by atoms with Crippen LogP contribution in [0.4, 0.5) is 0 Å². The molecule has 6 heteroatoms. The molecule has 2 N–H and O–H groups in total. The molecule has 0 fully saturated rings. The molecule has 6 nitrogen and oxygen atoms in total. The molecular weight excluding hydrogens is 342 g/mol. The van der Waals surface area contributed by atoms with Crippen molar-refractivity contribution in [2.24, 2.45) is 5.10 Å². The molecule has 0 unspecified atom stereocenters. The summed E-state index contributed by atoms with van der Waals surface area (Å²) >= 11 is 0. The average Bonchev–Trinajstić information content (AvgIpc) is 2.68. The van der Waals surface area contributed by atoms with Gasteiger partial charge in [0.1, 0.15) is 12.4 Å². The van der Waals surface area contributed by atoms with Crippen LogP contribution in [0.3, 0.4) is 0 Å². The minimum Gasteiger partial charge on any atom is -0.488 e. The van der Waals surface area contributed by atoms with E-state index < -0.39 is 11.8 Å². The number of ether oxygens (including phenoxy) is 1. The van der Waals surface area contributed by atoms with E-state index in [1.54, 1.807) is 0 Å². The van der Waals surface area contributed by atoms with Crippen LogP contribution in [0.15, 0.2) is 53.6 Å². The van der Waals surface area contributed by atoms with E-state index in [0.717, 1.165) is 18.4 Å². The molecular formula is C21H25N3O3. The Morgan fingerprint density at radius 3 is 2.56 bits per heavy atom. The smallest absolute Gasteiger partial charge is 0.329 e. The normalized spacial score (nSPS) is 10.6. The largest absolute Gasteiger partial charge is 0.488 e. The van der Waals surface area contributed by atoms with Crippen LogP contribution < -0.4 is 15.5 Å². The SMILES string of the molecule is CCCCNC(=O)C(=O)N/N=C\c1ccccc1OCc1ccc(C)cc1. The predicted octanol–water partition coefficient (Wildman–Crippen LogP) is 2.94. The van der Waals surface area contributed by atoms with E-state index in [1.165, 1.54) is 11.8 Å². The molecule has 0 radical (unpaired) electrons. The number of hydrogen-bond acceptors (Lipinski definition) is 4. The van der Waals surface area contributed by atoms with Crippen molar-refractivity contribution in [3.8, 4) is 5.75 Å². The van der Waals surface area contributed by atoms with Crippen molar-refractivity contribution in [1.82, 2.24) is 10.7 Å². The summed E-state index contributed by atoms with van der Waals surface area (Å²) in [7, 11) is 0. The summed E-state index contributed by atoms with van der Waals surface area (Å²) in [5.74, 6) is -0.839. The van der Waals surface area contributed by atoms with E-state index in [-0.39, 0.29) is 0 Å². The second-order valence-corrected chi connectivity index (χ2v) is 6.12. The maximum absolute atomic E-state index is 11.7. The second kappa shape index (κ2) is 10.8. The molecule has 2 aromatic carbocycles. The number of nitrogens with zero attached hydrogens (tertiary/aromatic N) is 1. The topological polar surface area (TPSA) is 79.8 Å². The highest BCUT2D eigenvalue weighted by molar-refractivity contribution is 6.35. The summed E-state index contributed by atoms with van der Waals surface area (Å²) in [6.07, 6.45) is 3.23. The van der Waals surface area contributed by atoms with Gasteiger partial charge in [-0.2, -0.15) is 5.10 Å². The van der Waals surface area contributed by atoms with Crippen molar-refractivity contribution in [2.75, 3.05) is 6.54 Å². The van der Waals surface area contributed by atoms with Crippen molar-refractivity contribution in [1.29, 1.82) is 0 Å². The van der Waals surface area contributed by atoms with Crippen LogP contribution in [0.2, 0.25) is 0 Å². The highest BCUT2D eigenvalue weighted by Gasteiger charge is 2.11. The van der Waals surface area contributed by atoms with Crippen molar-refractivity contribution in [2.45, 2.75) is 33.3 Å². The summed E-state index contributed by atoms with van der Waals surface area (Å²) in [5, 5.41) is 6.39. The Hall–Kier alpha value is -3.15. The van der Waals surface area contributed by atoms with Crippen molar-refractivity contribution in [3.63, 3.8) is 0 Å². The lowest BCUT2D eigenvalue weighted by atomic mass is 10.1. The minimum absolute atomic E-state index is 0.428. The first-order chi connectivity index (χ1) is 13.1. The van der Waals surface area contributed by atoms with Gasteiger partial charge in [-0.1, -0.05) is 55.3 Å². The van der Waals surface area contributed by atoms with Gasteiger partial charge in [0.15, 0.2) is 0 Å². The van der Waals surface area contributed by atoms with Gasteiger partial charge in [0.05, 0.1) is 6.21 Å². The Bertz CT molecular complexity index is 786. The molecule has 0 spiro atoms. The summed E-state index contributed by atoms with van der Waals surface area (Å²) in [6, 6.07) is 15.5. The third-order valence-electron chi connectivity index (χ3n) is 3.83. The van der Waals surface area contributed by atoms with Gasteiger partial charge in [-0.3, -0.25) is 9.59 Å². The standard InChI is InChI=1S/C21H25N3O3/c1-3-4-13-22-20(25)21(26)24-23-14-18-7-5-6-8-19(18)27-15-17-11-9-16(2)10-12-17/h5-12,14H,3-4,13,15H2,1-2H3,(H,22,25)(H,24,26)/b23-14-. The molecule has 27 heavy (non-hydrogen) atoms. The average molecular weight is 367 g/mol. The van der Waals surface area contributed by atoms with Gasteiger partial charge in [-0.05, 0) is 31.0 Å². The number of amides is 2. The van der Waals surface area contributed by atoms with E-state index in [0.29, 0.717) is 24.5 Å². The van der Waals surface area contributed by atoms with E-state index >= 15 is 0 Å². The molecule has 0 bridgehead atoms. The van der Waals surface area contributed by atoms with Crippen LogP contribution in [0, 0.1) is 6.92 Å². The van der Waals surface area contributed by atoms with Gasteiger partial charge in [0.2, 0.25) is 0 Å². The summed E-state index contributed by atoms with van der Waals surface area (Å²) < 4.78 is 5.85. The molecule has 142 valence electrons. The second-order valence-electron chi connectivity index (χ2n) is 6.12. The molecule has 0 heterocycles. The van der Waals surface area contributed by atoms with E-state index in [1.807, 2.05) is 62.4 Å². The lowest BCUT2D eigenvalue weighted by molar-refractivity contribution is -0.139. The van der Waals surface area contributed by atoms with Crippen LogP contribution in [0.1, 0.15) is 36.5 Å². The van der Waals surface area contributed by atoms with Gasteiger partial charge < -0.3 is 10.1 Å². The summed E-state index contributed by atoms with van der Waals surface area (Å²) in [6.45, 7) is 4.95. The Labute approximate surface area is 159 Å². The van der Waals surface area contributed by atoms with Gasteiger partial charge in [-0.15, -0.1) is 0 Å². The Morgan fingerprint density at radius 2 is 1.81 bits per heavy atom. The monoisotopic (exact) mass is 367 g/mol. The van der Waals surface area contributed by atoms with Crippen molar-refractivity contribution in [3.05, 3.63) is 65.2 Å².